The normalized spacial score (nSPS) is 23.1. The van der Waals surface area contributed by atoms with Gasteiger partial charge in [-0.15, -0.1) is 0 Å². The molecule has 2 rings (SSSR count). The number of hydrogen-bond donors (Lipinski definition) is 1. The Bertz CT molecular complexity index is 482. The number of benzene rings is 1. The van der Waals surface area contributed by atoms with Gasteiger partial charge in [-0.3, -0.25) is 0 Å². The highest BCUT2D eigenvalue weighted by Gasteiger charge is 2.36. The van der Waals surface area contributed by atoms with Crippen molar-refractivity contribution in [3.8, 4) is 0 Å². The lowest BCUT2D eigenvalue weighted by Crippen LogP contribution is -2.40. The predicted octanol–water partition coefficient (Wildman–Crippen LogP) is 4.43. The molecule has 0 unspecified atom stereocenters. The maximum atomic E-state index is 13.2. The van der Waals surface area contributed by atoms with Gasteiger partial charge in [0.1, 0.15) is 0 Å². The van der Waals surface area contributed by atoms with Crippen molar-refractivity contribution in [1.82, 2.24) is 5.32 Å². The topological polar surface area (TPSA) is 15.3 Å². The fraction of sp³-hybridized carbons (Fsp3) is 0.600. The van der Waals surface area contributed by atoms with Gasteiger partial charge in [0.25, 0.3) is 0 Å². The molecule has 1 N–H and O–H groups in total. The average molecular weight is 365 g/mol. The van der Waals surface area contributed by atoms with E-state index in [4.69, 9.17) is 0 Å². The Kier molecular flexibility index (Phi) is 5.20. The van der Waals surface area contributed by atoms with E-state index in [-0.39, 0.29) is 11.7 Å². The van der Waals surface area contributed by atoms with Crippen LogP contribution in [0.1, 0.15) is 31.2 Å². The lowest BCUT2D eigenvalue weighted by molar-refractivity contribution is -0.137. The highest BCUT2D eigenvalue weighted by Crippen LogP contribution is 2.39. The second-order valence-electron chi connectivity index (χ2n) is 5.56. The fourth-order valence-electron chi connectivity index (χ4n) is 2.99. The molecule has 1 aromatic rings. The first-order valence-electron chi connectivity index (χ1n) is 7.09. The zero-order valence-corrected chi connectivity index (χ0v) is 13.8. The molecule has 0 amide bonds. The Morgan fingerprint density at radius 2 is 1.81 bits per heavy atom. The Balaban J connectivity index is 2.21. The Labute approximate surface area is 131 Å². The summed E-state index contributed by atoms with van der Waals surface area (Å²) in [4.78, 5) is 1.79. The molecule has 0 heterocycles. The van der Waals surface area contributed by atoms with Gasteiger partial charge in [0, 0.05) is 29.3 Å². The molecular formula is C15H20BrF3N2. The van der Waals surface area contributed by atoms with E-state index >= 15 is 0 Å². The molecule has 1 aliphatic rings. The minimum absolute atomic E-state index is 0.164. The Morgan fingerprint density at radius 3 is 2.33 bits per heavy atom. The molecule has 0 saturated heterocycles. The van der Waals surface area contributed by atoms with Crippen molar-refractivity contribution in [3.05, 3.63) is 28.2 Å². The van der Waals surface area contributed by atoms with E-state index in [1.807, 2.05) is 7.05 Å². The second kappa shape index (κ2) is 6.57. The van der Waals surface area contributed by atoms with E-state index in [1.54, 1.807) is 24.1 Å². The maximum Gasteiger partial charge on any atom is 0.418 e. The molecule has 1 fully saturated rings. The summed E-state index contributed by atoms with van der Waals surface area (Å²) >= 11 is 3.12. The smallest absolute Gasteiger partial charge is 0.371 e. The summed E-state index contributed by atoms with van der Waals surface area (Å²) in [6.45, 7) is 0. The van der Waals surface area contributed by atoms with Crippen molar-refractivity contribution in [2.24, 2.45) is 0 Å². The van der Waals surface area contributed by atoms with Crippen LogP contribution in [0.4, 0.5) is 18.9 Å². The van der Waals surface area contributed by atoms with Crippen LogP contribution < -0.4 is 10.2 Å². The van der Waals surface area contributed by atoms with Gasteiger partial charge in [-0.05, 0) is 50.9 Å². The molecule has 1 aromatic carbocycles. The van der Waals surface area contributed by atoms with Gasteiger partial charge in [-0.1, -0.05) is 15.9 Å². The average Bonchev–Trinajstić information content (AvgIpc) is 2.45. The molecule has 2 nitrogen and oxygen atoms in total. The quantitative estimate of drug-likeness (QED) is 0.852. The number of halogens is 4. The third kappa shape index (κ3) is 3.92. The first-order valence-corrected chi connectivity index (χ1v) is 7.89. The van der Waals surface area contributed by atoms with Gasteiger partial charge in [-0.25, -0.2) is 0 Å². The number of rotatable bonds is 3. The number of nitrogens with zero attached hydrogens (tertiary/aromatic N) is 1. The number of alkyl halides is 3. The van der Waals surface area contributed by atoms with Crippen molar-refractivity contribution >= 4 is 21.6 Å². The highest BCUT2D eigenvalue weighted by molar-refractivity contribution is 9.10. The summed E-state index contributed by atoms with van der Waals surface area (Å²) in [5.41, 5.74) is -0.311. The Morgan fingerprint density at radius 1 is 1.19 bits per heavy atom. The van der Waals surface area contributed by atoms with Crippen LogP contribution in [0.25, 0.3) is 0 Å². The monoisotopic (exact) mass is 364 g/mol. The van der Waals surface area contributed by atoms with Gasteiger partial charge in [0.2, 0.25) is 0 Å². The lowest BCUT2D eigenvalue weighted by Gasteiger charge is -2.37. The molecule has 21 heavy (non-hydrogen) atoms. The summed E-state index contributed by atoms with van der Waals surface area (Å²) in [6, 6.07) is 5.03. The van der Waals surface area contributed by atoms with Crippen LogP contribution in [0, 0.1) is 0 Å². The van der Waals surface area contributed by atoms with Gasteiger partial charge < -0.3 is 10.2 Å². The number of nitrogens with one attached hydrogen (secondary N) is 1. The largest absolute Gasteiger partial charge is 0.418 e. The lowest BCUT2D eigenvalue weighted by atomic mass is 9.90. The van der Waals surface area contributed by atoms with Crippen molar-refractivity contribution in [2.75, 3.05) is 19.0 Å². The van der Waals surface area contributed by atoms with E-state index in [1.165, 1.54) is 0 Å². The molecule has 0 aliphatic heterocycles. The van der Waals surface area contributed by atoms with Gasteiger partial charge >= 0.3 is 6.18 Å². The molecule has 6 heteroatoms. The standard InChI is InChI=1S/C15H20BrF3N2/c1-20-11-4-6-12(7-5-11)21(2)14-8-3-10(16)9-13(14)15(17,18)19/h3,8-9,11-12,20H,4-7H2,1-2H3. The molecule has 0 atom stereocenters. The predicted molar refractivity (Wildman–Crippen MR) is 82.7 cm³/mol. The van der Waals surface area contributed by atoms with Crippen LogP contribution in [0.15, 0.2) is 22.7 Å². The molecule has 0 radical (unpaired) electrons. The van der Waals surface area contributed by atoms with E-state index in [9.17, 15) is 13.2 Å². The molecule has 0 spiro atoms. The summed E-state index contributed by atoms with van der Waals surface area (Å²) in [6.07, 6.45) is -0.507. The fourth-order valence-corrected chi connectivity index (χ4v) is 3.35. The number of hydrogen-bond acceptors (Lipinski definition) is 2. The van der Waals surface area contributed by atoms with Crippen LogP contribution in [-0.4, -0.2) is 26.2 Å². The second-order valence-corrected chi connectivity index (χ2v) is 6.48. The maximum absolute atomic E-state index is 13.2. The minimum atomic E-state index is -4.34. The van der Waals surface area contributed by atoms with Crippen LogP contribution >= 0.6 is 15.9 Å². The number of anilines is 1. The molecule has 1 aliphatic carbocycles. The molecule has 118 valence electrons. The van der Waals surface area contributed by atoms with Crippen LogP contribution in [0.5, 0.6) is 0 Å². The summed E-state index contributed by atoms with van der Waals surface area (Å²) in [5, 5.41) is 3.24. The van der Waals surface area contributed by atoms with Gasteiger partial charge in [-0.2, -0.15) is 13.2 Å². The Hall–Kier alpha value is -0.750. The molecular weight excluding hydrogens is 345 g/mol. The molecule has 0 aromatic heterocycles. The van der Waals surface area contributed by atoms with Crippen LogP contribution in [0.2, 0.25) is 0 Å². The van der Waals surface area contributed by atoms with E-state index in [0.29, 0.717) is 10.5 Å². The minimum Gasteiger partial charge on any atom is -0.371 e. The summed E-state index contributed by atoms with van der Waals surface area (Å²) in [5.74, 6) is 0. The van der Waals surface area contributed by atoms with Gasteiger partial charge in [0.05, 0.1) is 5.56 Å². The zero-order chi connectivity index (χ0) is 15.6. The van der Waals surface area contributed by atoms with E-state index in [0.717, 1.165) is 31.7 Å². The molecule has 1 saturated carbocycles. The first kappa shape index (κ1) is 16.6. The van der Waals surface area contributed by atoms with Gasteiger partial charge in [0.15, 0.2) is 0 Å². The summed E-state index contributed by atoms with van der Waals surface area (Å²) in [7, 11) is 3.70. The van der Waals surface area contributed by atoms with Crippen molar-refractivity contribution in [3.63, 3.8) is 0 Å². The van der Waals surface area contributed by atoms with Crippen molar-refractivity contribution in [2.45, 2.75) is 43.9 Å². The summed E-state index contributed by atoms with van der Waals surface area (Å²) < 4.78 is 40.1. The highest BCUT2D eigenvalue weighted by atomic mass is 79.9. The van der Waals surface area contributed by atoms with E-state index < -0.39 is 11.7 Å². The van der Waals surface area contributed by atoms with Crippen LogP contribution in [-0.2, 0) is 6.18 Å². The van der Waals surface area contributed by atoms with Crippen molar-refractivity contribution < 1.29 is 13.2 Å². The van der Waals surface area contributed by atoms with Crippen molar-refractivity contribution in [1.29, 1.82) is 0 Å². The molecule has 0 bridgehead atoms. The first-order chi connectivity index (χ1) is 9.82. The third-order valence-electron chi connectivity index (χ3n) is 4.30. The van der Waals surface area contributed by atoms with E-state index in [2.05, 4.69) is 21.2 Å². The zero-order valence-electron chi connectivity index (χ0n) is 12.2. The SMILES string of the molecule is CNC1CCC(N(C)c2ccc(Br)cc2C(F)(F)F)CC1. The third-order valence-corrected chi connectivity index (χ3v) is 4.79. The van der Waals surface area contributed by atoms with Crippen LogP contribution in [0.3, 0.4) is 0 Å².